The number of piperidine rings is 1. The maximum Gasteiger partial charge on any atom is 0.314 e. The summed E-state index contributed by atoms with van der Waals surface area (Å²) in [6.45, 7) is 3.25. The van der Waals surface area contributed by atoms with Crippen LogP contribution in [0.25, 0.3) is 10.1 Å². The Hall–Kier alpha value is -2.45. The van der Waals surface area contributed by atoms with Crippen molar-refractivity contribution in [2.24, 2.45) is 5.73 Å². The molecule has 1 aromatic heterocycles. The molecule has 218 valence electrons. The third-order valence-corrected chi connectivity index (χ3v) is 11.5. The van der Waals surface area contributed by atoms with E-state index in [0.717, 1.165) is 53.8 Å². The van der Waals surface area contributed by atoms with Gasteiger partial charge in [0.05, 0.1) is 6.54 Å². The molecule has 14 heteroatoms. The number of halogens is 1. The molecule has 5 rings (SSSR count). The number of urea groups is 1. The molecule has 3 saturated heterocycles. The smallest absolute Gasteiger partial charge is 0.314 e. The number of carbonyl (C=O) groups excluding carboxylic acids is 3. The van der Waals surface area contributed by atoms with Crippen LogP contribution < -0.4 is 10.5 Å². The molecule has 3 aliphatic rings. The van der Waals surface area contributed by atoms with Crippen molar-refractivity contribution in [2.45, 2.75) is 54.4 Å². The van der Waals surface area contributed by atoms with Gasteiger partial charge in [-0.3, -0.25) is 14.5 Å². The lowest BCUT2D eigenvalue weighted by Crippen LogP contribution is -2.55. The number of benzene rings is 1. The molecule has 2 aromatic rings. The van der Waals surface area contributed by atoms with Crippen LogP contribution in [0, 0.1) is 0 Å². The summed E-state index contributed by atoms with van der Waals surface area (Å²) in [4.78, 5) is 45.3. The summed E-state index contributed by atoms with van der Waals surface area (Å²) >= 11 is 7.16. The Morgan fingerprint density at radius 1 is 1.15 bits per heavy atom. The quantitative estimate of drug-likeness (QED) is 0.469. The van der Waals surface area contributed by atoms with E-state index in [1.54, 1.807) is 36.2 Å². The summed E-state index contributed by atoms with van der Waals surface area (Å²) < 4.78 is 29.8. The third-order valence-electron chi connectivity index (χ3n) is 8.18. The molecule has 3 atom stereocenters. The average Bonchev–Trinajstić information content (AvgIpc) is 3.66. The highest BCUT2D eigenvalue weighted by Gasteiger charge is 2.37. The van der Waals surface area contributed by atoms with Crippen LogP contribution >= 0.6 is 22.9 Å². The van der Waals surface area contributed by atoms with Gasteiger partial charge >= 0.3 is 6.03 Å². The lowest BCUT2D eigenvalue weighted by molar-refractivity contribution is -0.143. The number of nitrogens with one attached hydrogen (secondary N) is 1. The first kappa shape index (κ1) is 29.1. The van der Waals surface area contributed by atoms with E-state index in [-0.39, 0.29) is 34.7 Å². The topological polar surface area (TPSA) is 136 Å². The number of primary amides is 1. The van der Waals surface area contributed by atoms with E-state index in [2.05, 4.69) is 9.62 Å². The molecule has 1 unspecified atom stereocenters. The zero-order valence-corrected chi connectivity index (χ0v) is 24.8. The standard InChI is InChI=1S/C26H35ClN6O5S2/c1-30(26(28)36)19-8-11-31(14-19)15-20-4-2-10-33(20)23(34)16-32-9-3-5-21(25(32)35)29-40(37,38)24-13-17-12-18(27)6-7-22(17)39-24/h6-7,12-13,19-21,29H,2-5,8-11,14-16H2,1H3,(H2,28,36)/t19?,20-,21-/m0/s1. The number of sulfonamides is 1. The summed E-state index contributed by atoms with van der Waals surface area (Å²) in [6.07, 6.45) is 3.59. The van der Waals surface area contributed by atoms with Crippen molar-refractivity contribution < 1.29 is 22.8 Å². The maximum absolute atomic E-state index is 13.3. The Labute approximate surface area is 243 Å². The third kappa shape index (κ3) is 6.23. The van der Waals surface area contributed by atoms with Gasteiger partial charge in [-0.05, 0) is 61.8 Å². The average molecular weight is 611 g/mol. The lowest BCUT2D eigenvalue weighted by atomic mass is 10.1. The largest absolute Gasteiger partial charge is 0.351 e. The Morgan fingerprint density at radius 2 is 1.93 bits per heavy atom. The van der Waals surface area contributed by atoms with Crippen LogP contribution in [0.3, 0.4) is 0 Å². The molecule has 4 heterocycles. The van der Waals surface area contributed by atoms with Crippen molar-refractivity contribution in [1.82, 2.24) is 24.3 Å². The van der Waals surface area contributed by atoms with Crippen LogP contribution in [0.15, 0.2) is 28.5 Å². The zero-order chi connectivity index (χ0) is 28.6. The van der Waals surface area contributed by atoms with Crippen LogP contribution in [0.2, 0.25) is 5.02 Å². The van der Waals surface area contributed by atoms with Crippen LogP contribution in [0.5, 0.6) is 0 Å². The minimum Gasteiger partial charge on any atom is -0.351 e. The van der Waals surface area contributed by atoms with E-state index < -0.39 is 22.1 Å². The summed E-state index contributed by atoms with van der Waals surface area (Å²) in [5.41, 5.74) is 5.42. The number of carbonyl (C=O) groups is 3. The summed E-state index contributed by atoms with van der Waals surface area (Å²) in [5, 5.41) is 1.25. The highest BCUT2D eigenvalue weighted by Crippen LogP contribution is 2.31. The molecular formula is C26H35ClN6O5S2. The molecule has 3 fully saturated rings. The van der Waals surface area contributed by atoms with Crippen molar-refractivity contribution in [2.75, 3.05) is 46.3 Å². The second-order valence-corrected chi connectivity index (χ2v) is 14.3. The van der Waals surface area contributed by atoms with Gasteiger partial charge in [0.1, 0.15) is 10.3 Å². The van der Waals surface area contributed by atoms with Crippen molar-refractivity contribution >= 4 is 60.9 Å². The van der Waals surface area contributed by atoms with Gasteiger partial charge in [0.15, 0.2) is 0 Å². The minimum atomic E-state index is -3.93. The van der Waals surface area contributed by atoms with Crippen molar-refractivity contribution in [3.05, 3.63) is 29.3 Å². The van der Waals surface area contributed by atoms with Gasteiger partial charge in [-0.1, -0.05) is 11.6 Å². The number of hydrogen-bond acceptors (Lipinski definition) is 7. The summed E-state index contributed by atoms with van der Waals surface area (Å²) in [7, 11) is -2.22. The zero-order valence-electron chi connectivity index (χ0n) is 22.4. The predicted octanol–water partition coefficient (Wildman–Crippen LogP) is 1.90. The Balaban J connectivity index is 1.18. The Morgan fingerprint density at radius 3 is 2.70 bits per heavy atom. The number of rotatable bonds is 8. The Kier molecular flexibility index (Phi) is 8.58. The fraction of sp³-hybridized carbons (Fsp3) is 0.577. The fourth-order valence-electron chi connectivity index (χ4n) is 5.95. The van der Waals surface area contributed by atoms with E-state index in [0.29, 0.717) is 37.5 Å². The fourth-order valence-corrected chi connectivity index (χ4v) is 8.75. The van der Waals surface area contributed by atoms with E-state index in [1.165, 1.54) is 4.90 Å². The van der Waals surface area contributed by atoms with Gasteiger partial charge in [-0.25, -0.2) is 13.2 Å². The van der Waals surface area contributed by atoms with Crippen molar-refractivity contribution in [1.29, 1.82) is 0 Å². The van der Waals surface area contributed by atoms with Crippen LogP contribution in [0.1, 0.15) is 32.1 Å². The number of nitrogens with zero attached hydrogens (tertiary/aromatic N) is 4. The van der Waals surface area contributed by atoms with Gasteiger partial charge in [0, 0.05) is 61.6 Å². The molecule has 4 amide bonds. The van der Waals surface area contributed by atoms with Crippen LogP contribution in [-0.2, 0) is 19.6 Å². The van der Waals surface area contributed by atoms with Gasteiger partial charge in [-0.2, -0.15) is 4.72 Å². The molecular weight excluding hydrogens is 576 g/mol. The second kappa shape index (κ2) is 11.8. The molecule has 0 radical (unpaired) electrons. The van der Waals surface area contributed by atoms with Crippen LogP contribution in [0.4, 0.5) is 4.79 Å². The SMILES string of the molecule is CN(C(N)=O)C1CCN(C[C@@H]2CCCN2C(=O)CN2CCC[C@H](NS(=O)(=O)c3cc4cc(Cl)ccc4s3)C2=O)C1. The number of likely N-dealkylation sites (N-methyl/N-ethyl adjacent to an activating group) is 1. The molecule has 0 aliphatic carbocycles. The van der Waals surface area contributed by atoms with Gasteiger partial charge in [0.25, 0.3) is 10.0 Å². The number of hydrogen-bond donors (Lipinski definition) is 2. The summed E-state index contributed by atoms with van der Waals surface area (Å²) in [6, 6.07) is 5.50. The van der Waals surface area contributed by atoms with E-state index in [9.17, 15) is 22.8 Å². The maximum atomic E-state index is 13.3. The predicted molar refractivity (Wildman–Crippen MR) is 154 cm³/mol. The molecule has 11 nitrogen and oxygen atoms in total. The van der Waals surface area contributed by atoms with E-state index in [4.69, 9.17) is 17.3 Å². The second-order valence-electron chi connectivity index (χ2n) is 10.9. The van der Waals surface area contributed by atoms with Gasteiger partial charge in [0.2, 0.25) is 11.8 Å². The molecule has 0 spiro atoms. The first-order valence-corrected chi connectivity index (χ1v) is 16.2. The molecule has 3 N–H and O–H groups in total. The molecule has 40 heavy (non-hydrogen) atoms. The highest BCUT2D eigenvalue weighted by molar-refractivity contribution is 7.91. The van der Waals surface area contributed by atoms with E-state index in [1.807, 2.05) is 4.90 Å². The normalized spacial score (nSPS) is 24.2. The number of likely N-dealkylation sites (tertiary alicyclic amines) is 3. The monoisotopic (exact) mass is 610 g/mol. The molecule has 0 saturated carbocycles. The number of fused-ring (bicyclic) bond motifs is 1. The Bertz CT molecular complexity index is 1400. The number of nitrogens with two attached hydrogens (primary N) is 1. The first-order valence-electron chi connectivity index (χ1n) is 13.6. The molecule has 3 aliphatic heterocycles. The first-order chi connectivity index (χ1) is 19.0. The van der Waals surface area contributed by atoms with E-state index >= 15 is 0 Å². The van der Waals surface area contributed by atoms with Crippen molar-refractivity contribution in [3.8, 4) is 0 Å². The lowest BCUT2D eigenvalue weighted by Gasteiger charge is -2.34. The van der Waals surface area contributed by atoms with Gasteiger partial charge in [-0.15, -0.1) is 11.3 Å². The van der Waals surface area contributed by atoms with Gasteiger partial charge < -0.3 is 20.4 Å². The molecule has 1 aromatic carbocycles. The number of amides is 4. The number of thiophene rings is 1. The van der Waals surface area contributed by atoms with Crippen molar-refractivity contribution in [3.63, 3.8) is 0 Å². The summed E-state index contributed by atoms with van der Waals surface area (Å²) in [5.74, 6) is -0.495. The highest BCUT2D eigenvalue weighted by atomic mass is 35.5. The molecule has 0 bridgehead atoms. The van der Waals surface area contributed by atoms with Crippen LogP contribution in [-0.4, -0.2) is 110 Å². The minimum absolute atomic E-state index is 0.0424.